The maximum atomic E-state index is 13.3. The number of hydrogen-bond donors (Lipinski definition) is 2. The Balaban J connectivity index is 1.56. The molecule has 1 aliphatic rings. The summed E-state index contributed by atoms with van der Waals surface area (Å²) in [5.41, 5.74) is 3.67. The zero-order valence-electron chi connectivity index (χ0n) is 12.9. The molecule has 120 valence electrons. The minimum absolute atomic E-state index is 0.00146. The van der Waals surface area contributed by atoms with Gasteiger partial charge in [0, 0.05) is 18.5 Å². The summed E-state index contributed by atoms with van der Waals surface area (Å²) in [6.45, 7) is 0.00690. The molecule has 23 heavy (non-hydrogen) atoms. The fourth-order valence-corrected chi connectivity index (χ4v) is 3.21. The Morgan fingerprint density at radius 2 is 2.09 bits per heavy atom. The molecule has 0 heterocycles. The van der Waals surface area contributed by atoms with Crippen LogP contribution in [-0.2, 0) is 24.4 Å². The second kappa shape index (κ2) is 6.92. The number of halogens is 1. The number of rotatable bonds is 5. The molecule has 3 nitrogen and oxygen atoms in total. The fraction of sp³-hybridized carbons (Fsp3) is 0.316. The van der Waals surface area contributed by atoms with Crippen LogP contribution >= 0.6 is 0 Å². The number of benzene rings is 2. The normalized spacial score (nSPS) is 16.2. The van der Waals surface area contributed by atoms with Crippen molar-refractivity contribution < 1.29 is 14.3 Å². The summed E-state index contributed by atoms with van der Waals surface area (Å²) in [7, 11) is 0. The maximum Gasteiger partial charge on any atom is 0.220 e. The molecular weight excluding hydrogens is 293 g/mol. The van der Waals surface area contributed by atoms with Gasteiger partial charge in [-0.1, -0.05) is 30.3 Å². The topological polar surface area (TPSA) is 49.3 Å². The Kier molecular flexibility index (Phi) is 4.72. The molecule has 3 rings (SSSR count). The number of aliphatic hydroxyl groups excluding tert-OH is 1. The largest absolute Gasteiger partial charge is 0.392 e. The Bertz CT molecular complexity index is 714. The Morgan fingerprint density at radius 1 is 1.26 bits per heavy atom. The van der Waals surface area contributed by atoms with Gasteiger partial charge in [0.05, 0.1) is 6.61 Å². The molecule has 0 aromatic heterocycles. The summed E-state index contributed by atoms with van der Waals surface area (Å²) in [6, 6.07) is 12.8. The highest BCUT2D eigenvalue weighted by atomic mass is 19.1. The van der Waals surface area contributed by atoms with E-state index in [0.29, 0.717) is 13.0 Å². The minimum Gasteiger partial charge on any atom is -0.392 e. The summed E-state index contributed by atoms with van der Waals surface area (Å²) in [5, 5.41) is 12.0. The van der Waals surface area contributed by atoms with Gasteiger partial charge in [-0.3, -0.25) is 4.79 Å². The number of aryl methyl sites for hydroxylation is 1. The van der Waals surface area contributed by atoms with E-state index in [2.05, 4.69) is 17.4 Å². The van der Waals surface area contributed by atoms with Crippen molar-refractivity contribution in [3.05, 3.63) is 70.5 Å². The first kappa shape index (κ1) is 15.7. The van der Waals surface area contributed by atoms with Crippen LogP contribution < -0.4 is 5.32 Å². The summed E-state index contributed by atoms with van der Waals surface area (Å²) in [4.78, 5) is 12.2. The molecule has 0 spiro atoms. The van der Waals surface area contributed by atoms with Gasteiger partial charge in [-0.05, 0) is 47.6 Å². The quantitative estimate of drug-likeness (QED) is 0.891. The van der Waals surface area contributed by atoms with Gasteiger partial charge in [0.25, 0.3) is 0 Å². The second-order valence-electron chi connectivity index (χ2n) is 6.00. The molecule has 4 heteroatoms. The molecule has 0 saturated carbocycles. The van der Waals surface area contributed by atoms with Gasteiger partial charge in [-0.15, -0.1) is 0 Å². The zero-order chi connectivity index (χ0) is 16.2. The molecule has 1 aliphatic carbocycles. The fourth-order valence-electron chi connectivity index (χ4n) is 3.21. The van der Waals surface area contributed by atoms with Crippen molar-refractivity contribution in [3.8, 4) is 0 Å². The Labute approximate surface area is 135 Å². The molecule has 2 aromatic carbocycles. The van der Waals surface area contributed by atoms with Crippen LogP contribution in [0.4, 0.5) is 4.39 Å². The average Bonchev–Trinajstić information content (AvgIpc) is 2.97. The molecule has 0 saturated heterocycles. The highest BCUT2D eigenvalue weighted by molar-refractivity contribution is 5.77. The highest BCUT2D eigenvalue weighted by Gasteiger charge is 2.23. The van der Waals surface area contributed by atoms with E-state index in [1.165, 1.54) is 17.2 Å². The van der Waals surface area contributed by atoms with Crippen molar-refractivity contribution >= 4 is 5.91 Å². The van der Waals surface area contributed by atoms with Gasteiger partial charge >= 0.3 is 0 Å². The van der Waals surface area contributed by atoms with Gasteiger partial charge in [0.1, 0.15) is 5.82 Å². The SMILES string of the molecule is O=C(CC1CCc2ccccc21)NCc1ccc(F)c(CO)c1. The molecule has 1 atom stereocenters. The van der Waals surface area contributed by atoms with E-state index in [1.54, 1.807) is 12.1 Å². The number of carbonyl (C=O) groups excluding carboxylic acids is 1. The predicted molar refractivity (Wildman–Crippen MR) is 86.3 cm³/mol. The summed E-state index contributed by atoms with van der Waals surface area (Å²) < 4.78 is 13.3. The lowest BCUT2D eigenvalue weighted by Gasteiger charge is -2.12. The molecule has 0 bridgehead atoms. The smallest absolute Gasteiger partial charge is 0.220 e. The van der Waals surface area contributed by atoms with Crippen LogP contribution in [0.25, 0.3) is 0 Å². The lowest BCUT2D eigenvalue weighted by Crippen LogP contribution is -2.24. The van der Waals surface area contributed by atoms with Crippen LogP contribution in [0.5, 0.6) is 0 Å². The third-order valence-electron chi connectivity index (χ3n) is 4.46. The van der Waals surface area contributed by atoms with Crippen molar-refractivity contribution in [3.63, 3.8) is 0 Å². The number of amides is 1. The molecular formula is C19H20FNO2. The number of hydrogen-bond acceptors (Lipinski definition) is 2. The van der Waals surface area contributed by atoms with Gasteiger partial charge in [0.2, 0.25) is 5.91 Å². The predicted octanol–water partition coefficient (Wildman–Crippen LogP) is 3.05. The van der Waals surface area contributed by atoms with Crippen LogP contribution in [-0.4, -0.2) is 11.0 Å². The first-order valence-electron chi connectivity index (χ1n) is 7.90. The van der Waals surface area contributed by atoms with Crippen molar-refractivity contribution in [1.29, 1.82) is 0 Å². The van der Waals surface area contributed by atoms with Crippen molar-refractivity contribution in [2.45, 2.75) is 38.3 Å². The van der Waals surface area contributed by atoms with E-state index in [4.69, 9.17) is 5.11 Å². The van der Waals surface area contributed by atoms with Gasteiger partial charge < -0.3 is 10.4 Å². The van der Waals surface area contributed by atoms with Crippen LogP contribution in [0.15, 0.2) is 42.5 Å². The third-order valence-corrected chi connectivity index (χ3v) is 4.46. The number of aliphatic hydroxyl groups is 1. The van der Waals surface area contributed by atoms with Crippen LogP contribution in [0.3, 0.4) is 0 Å². The molecule has 1 amide bonds. The number of fused-ring (bicyclic) bond motifs is 1. The second-order valence-corrected chi connectivity index (χ2v) is 6.00. The summed E-state index contributed by atoms with van der Waals surface area (Å²) >= 11 is 0. The van der Waals surface area contributed by atoms with Crippen molar-refractivity contribution in [2.75, 3.05) is 0 Å². The first-order chi connectivity index (χ1) is 11.2. The Hall–Kier alpha value is -2.20. The van der Waals surface area contributed by atoms with Crippen LogP contribution in [0.1, 0.15) is 41.0 Å². The summed E-state index contributed by atoms with van der Waals surface area (Å²) in [6.07, 6.45) is 2.52. The van der Waals surface area contributed by atoms with E-state index >= 15 is 0 Å². The third kappa shape index (κ3) is 3.59. The van der Waals surface area contributed by atoms with Crippen molar-refractivity contribution in [1.82, 2.24) is 5.32 Å². The molecule has 0 aliphatic heterocycles. The maximum absolute atomic E-state index is 13.3. The lowest BCUT2D eigenvalue weighted by molar-refractivity contribution is -0.121. The van der Waals surface area contributed by atoms with Gasteiger partial charge in [-0.2, -0.15) is 0 Å². The Morgan fingerprint density at radius 3 is 2.91 bits per heavy atom. The molecule has 2 aromatic rings. The van der Waals surface area contributed by atoms with Gasteiger partial charge in [0.15, 0.2) is 0 Å². The van der Waals surface area contributed by atoms with E-state index in [0.717, 1.165) is 18.4 Å². The van der Waals surface area contributed by atoms with E-state index < -0.39 is 5.82 Å². The van der Waals surface area contributed by atoms with Crippen LogP contribution in [0, 0.1) is 5.82 Å². The molecule has 0 fully saturated rings. The average molecular weight is 313 g/mol. The molecule has 2 N–H and O–H groups in total. The van der Waals surface area contributed by atoms with Gasteiger partial charge in [-0.25, -0.2) is 4.39 Å². The molecule has 1 unspecified atom stereocenters. The highest BCUT2D eigenvalue weighted by Crippen LogP contribution is 2.35. The number of nitrogens with one attached hydrogen (secondary N) is 1. The standard InChI is InChI=1S/C19H20FNO2/c20-18-8-5-13(9-16(18)12-22)11-21-19(23)10-15-7-6-14-3-1-2-4-17(14)15/h1-5,8-9,15,22H,6-7,10-12H2,(H,21,23). The number of carbonyl (C=O) groups is 1. The minimum atomic E-state index is -0.426. The molecule has 0 radical (unpaired) electrons. The van der Waals surface area contributed by atoms with Crippen LogP contribution in [0.2, 0.25) is 0 Å². The zero-order valence-corrected chi connectivity index (χ0v) is 12.9. The lowest BCUT2D eigenvalue weighted by atomic mass is 9.97. The van der Waals surface area contributed by atoms with E-state index in [9.17, 15) is 9.18 Å². The summed E-state index contributed by atoms with van der Waals surface area (Å²) in [5.74, 6) is -0.140. The van der Waals surface area contributed by atoms with E-state index in [-0.39, 0.29) is 24.0 Å². The monoisotopic (exact) mass is 313 g/mol. The van der Waals surface area contributed by atoms with E-state index in [1.807, 2.05) is 12.1 Å². The first-order valence-corrected chi connectivity index (χ1v) is 7.90. The van der Waals surface area contributed by atoms with Crippen molar-refractivity contribution in [2.24, 2.45) is 0 Å².